The van der Waals surface area contributed by atoms with E-state index < -0.39 is 0 Å². The number of hydrogen-bond acceptors (Lipinski definition) is 6. The first kappa shape index (κ1) is 13.5. The van der Waals surface area contributed by atoms with Gasteiger partial charge in [-0.25, -0.2) is 0 Å². The molecule has 2 aromatic rings. The fraction of sp³-hybridized carbons (Fsp3) is 0.308. The zero-order valence-electron chi connectivity index (χ0n) is 11.0. The lowest BCUT2D eigenvalue weighted by molar-refractivity contribution is 0.332. The van der Waals surface area contributed by atoms with Crippen LogP contribution >= 0.6 is 11.5 Å². The van der Waals surface area contributed by atoms with Crippen LogP contribution in [-0.4, -0.2) is 24.6 Å². The lowest BCUT2D eigenvalue weighted by Gasteiger charge is -2.08. The van der Waals surface area contributed by atoms with Gasteiger partial charge in [-0.1, -0.05) is 12.1 Å². The number of methoxy groups -OCH3 is 1. The number of nitrogen functional groups attached to an aromatic ring is 1. The van der Waals surface area contributed by atoms with Gasteiger partial charge in [-0.3, -0.25) is 0 Å². The third kappa shape index (κ3) is 3.51. The molecule has 0 saturated carbocycles. The lowest BCUT2D eigenvalue weighted by atomic mass is 10.2. The quantitative estimate of drug-likeness (QED) is 0.795. The minimum atomic E-state index is 0.412. The zero-order valence-corrected chi connectivity index (χ0v) is 11.8. The SMILES string of the molecule is COc1c(N)nsc1NCCOc1cccc(C)c1. The molecule has 3 N–H and O–H groups in total. The predicted molar refractivity (Wildman–Crippen MR) is 78.2 cm³/mol. The van der Waals surface area contributed by atoms with E-state index in [1.807, 2.05) is 31.2 Å². The van der Waals surface area contributed by atoms with Crippen molar-refractivity contribution in [2.24, 2.45) is 0 Å². The molecule has 19 heavy (non-hydrogen) atoms. The highest BCUT2D eigenvalue weighted by Gasteiger charge is 2.10. The average Bonchev–Trinajstić information content (AvgIpc) is 2.75. The number of aryl methyl sites for hydroxylation is 1. The third-order valence-electron chi connectivity index (χ3n) is 2.52. The van der Waals surface area contributed by atoms with Crippen molar-refractivity contribution >= 4 is 22.4 Å². The summed E-state index contributed by atoms with van der Waals surface area (Å²) < 4.78 is 14.8. The Bertz CT molecular complexity index is 542. The molecule has 0 amide bonds. The van der Waals surface area contributed by atoms with Gasteiger partial charge in [-0.2, -0.15) is 4.37 Å². The highest BCUT2D eigenvalue weighted by Crippen LogP contribution is 2.34. The summed E-state index contributed by atoms with van der Waals surface area (Å²) in [6, 6.07) is 7.96. The number of hydrogen-bond donors (Lipinski definition) is 2. The summed E-state index contributed by atoms with van der Waals surface area (Å²) in [5, 5.41) is 4.02. The number of rotatable bonds is 6. The predicted octanol–water partition coefficient (Wildman–Crippen LogP) is 2.53. The number of nitrogens with zero attached hydrogens (tertiary/aromatic N) is 1. The average molecular weight is 279 g/mol. The summed E-state index contributed by atoms with van der Waals surface area (Å²) in [5.74, 6) is 1.88. The minimum Gasteiger partial charge on any atom is -0.492 e. The fourth-order valence-electron chi connectivity index (χ4n) is 1.64. The van der Waals surface area contributed by atoms with Gasteiger partial charge in [0.25, 0.3) is 0 Å². The van der Waals surface area contributed by atoms with Gasteiger partial charge >= 0.3 is 0 Å². The number of nitrogens with one attached hydrogen (secondary N) is 1. The molecule has 0 aliphatic rings. The van der Waals surface area contributed by atoms with Gasteiger partial charge in [0.15, 0.2) is 16.6 Å². The molecule has 0 atom stereocenters. The minimum absolute atomic E-state index is 0.412. The summed E-state index contributed by atoms with van der Waals surface area (Å²) in [5.41, 5.74) is 6.85. The van der Waals surface area contributed by atoms with E-state index in [0.29, 0.717) is 24.7 Å². The van der Waals surface area contributed by atoms with Gasteiger partial charge < -0.3 is 20.5 Å². The van der Waals surface area contributed by atoms with Crippen molar-refractivity contribution in [3.63, 3.8) is 0 Å². The maximum absolute atomic E-state index is 5.67. The Morgan fingerprint density at radius 1 is 1.42 bits per heavy atom. The monoisotopic (exact) mass is 279 g/mol. The van der Waals surface area contributed by atoms with E-state index in [2.05, 4.69) is 9.69 Å². The van der Waals surface area contributed by atoms with Crippen LogP contribution in [0.3, 0.4) is 0 Å². The van der Waals surface area contributed by atoms with Crippen molar-refractivity contribution in [2.45, 2.75) is 6.92 Å². The fourth-order valence-corrected chi connectivity index (χ4v) is 2.35. The molecular weight excluding hydrogens is 262 g/mol. The van der Waals surface area contributed by atoms with Crippen molar-refractivity contribution < 1.29 is 9.47 Å². The molecule has 0 unspecified atom stereocenters. The molecule has 0 radical (unpaired) electrons. The summed E-state index contributed by atoms with van der Waals surface area (Å²) in [4.78, 5) is 0. The second-order valence-corrected chi connectivity index (χ2v) is 4.80. The van der Waals surface area contributed by atoms with Crippen molar-refractivity contribution in [3.8, 4) is 11.5 Å². The third-order valence-corrected chi connectivity index (χ3v) is 3.32. The molecule has 2 rings (SSSR count). The normalized spacial score (nSPS) is 10.2. The van der Waals surface area contributed by atoms with E-state index in [1.165, 1.54) is 17.1 Å². The van der Waals surface area contributed by atoms with Crippen molar-refractivity contribution in [3.05, 3.63) is 29.8 Å². The highest BCUT2D eigenvalue weighted by molar-refractivity contribution is 7.11. The van der Waals surface area contributed by atoms with E-state index in [1.54, 1.807) is 7.11 Å². The second kappa shape index (κ2) is 6.29. The Balaban J connectivity index is 1.81. The molecule has 102 valence electrons. The van der Waals surface area contributed by atoms with Crippen LogP contribution in [0.1, 0.15) is 5.56 Å². The van der Waals surface area contributed by atoms with Gasteiger partial charge in [-0.15, -0.1) is 0 Å². The first-order chi connectivity index (χ1) is 9.20. The van der Waals surface area contributed by atoms with Gasteiger partial charge in [0.2, 0.25) is 0 Å². The molecule has 0 bridgehead atoms. The smallest absolute Gasteiger partial charge is 0.197 e. The van der Waals surface area contributed by atoms with E-state index in [9.17, 15) is 0 Å². The van der Waals surface area contributed by atoms with Gasteiger partial charge in [0.1, 0.15) is 12.4 Å². The molecule has 6 heteroatoms. The van der Waals surface area contributed by atoms with Gasteiger partial charge in [-0.05, 0) is 36.2 Å². The number of ether oxygens (including phenoxy) is 2. The standard InChI is InChI=1S/C13H17N3O2S/c1-9-4-3-5-10(8-9)18-7-6-15-13-11(17-2)12(14)16-19-13/h3-5,8,15H,6-7H2,1-2H3,(H2,14,16). The Hall–Kier alpha value is -1.95. The highest BCUT2D eigenvalue weighted by atomic mass is 32.1. The Kier molecular flexibility index (Phi) is 4.46. The Labute approximate surface area is 116 Å². The van der Waals surface area contributed by atoms with Crippen molar-refractivity contribution in [1.82, 2.24) is 4.37 Å². The largest absolute Gasteiger partial charge is 0.492 e. The van der Waals surface area contributed by atoms with E-state index in [-0.39, 0.29) is 0 Å². The molecule has 5 nitrogen and oxygen atoms in total. The van der Waals surface area contributed by atoms with Crippen LogP contribution in [0.25, 0.3) is 0 Å². The molecule has 1 aromatic heterocycles. The van der Waals surface area contributed by atoms with Crippen molar-refractivity contribution in [2.75, 3.05) is 31.3 Å². The second-order valence-electron chi connectivity index (χ2n) is 4.02. The number of benzene rings is 1. The van der Waals surface area contributed by atoms with Crippen LogP contribution in [0.4, 0.5) is 10.8 Å². The van der Waals surface area contributed by atoms with E-state index in [4.69, 9.17) is 15.2 Å². The Morgan fingerprint density at radius 3 is 3.00 bits per heavy atom. The molecule has 0 fully saturated rings. The van der Waals surface area contributed by atoms with Gasteiger partial charge in [0, 0.05) is 6.54 Å². The van der Waals surface area contributed by atoms with Crippen LogP contribution in [0, 0.1) is 6.92 Å². The molecular formula is C13H17N3O2S. The molecule has 0 aliphatic carbocycles. The van der Waals surface area contributed by atoms with Gasteiger partial charge in [0.05, 0.1) is 7.11 Å². The summed E-state index contributed by atoms with van der Waals surface area (Å²) in [6.45, 7) is 3.26. The van der Waals surface area contributed by atoms with Crippen LogP contribution < -0.4 is 20.5 Å². The summed E-state index contributed by atoms with van der Waals surface area (Å²) in [6.07, 6.45) is 0. The summed E-state index contributed by atoms with van der Waals surface area (Å²) in [7, 11) is 1.58. The molecule has 0 aliphatic heterocycles. The first-order valence-corrected chi connectivity index (χ1v) is 6.70. The first-order valence-electron chi connectivity index (χ1n) is 5.93. The molecule has 0 saturated heterocycles. The van der Waals surface area contributed by atoms with Crippen LogP contribution in [0.2, 0.25) is 0 Å². The maximum Gasteiger partial charge on any atom is 0.197 e. The molecule has 1 heterocycles. The van der Waals surface area contributed by atoms with E-state index >= 15 is 0 Å². The summed E-state index contributed by atoms with van der Waals surface area (Å²) >= 11 is 1.28. The zero-order chi connectivity index (χ0) is 13.7. The number of nitrogens with two attached hydrogens (primary N) is 1. The number of anilines is 2. The van der Waals surface area contributed by atoms with E-state index in [0.717, 1.165) is 10.8 Å². The van der Waals surface area contributed by atoms with Crippen LogP contribution in [0.15, 0.2) is 24.3 Å². The maximum atomic E-state index is 5.67. The Morgan fingerprint density at radius 2 is 2.26 bits per heavy atom. The lowest BCUT2D eigenvalue weighted by Crippen LogP contribution is -2.11. The molecule has 0 spiro atoms. The topological polar surface area (TPSA) is 69.4 Å². The van der Waals surface area contributed by atoms with Crippen LogP contribution in [0.5, 0.6) is 11.5 Å². The number of aromatic nitrogens is 1. The molecule has 1 aromatic carbocycles. The van der Waals surface area contributed by atoms with Crippen molar-refractivity contribution in [1.29, 1.82) is 0 Å². The van der Waals surface area contributed by atoms with Crippen LogP contribution in [-0.2, 0) is 0 Å².